The molecule has 0 fully saturated rings. The number of hydrogen-bond acceptors (Lipinski definition) is 5. The molecule has 0 aromatic heterocycles. The van der Waals surface area contributed by atoms with Crippen LogP contribution < -0.4 is 5.32 Å². The molecule has 0 aliphatic carbocycles. The highest BCUT2D eigenvalue weighted by molar-refractivity contribution is 9.10. The molecule has 0 spiro atoms. The van der Waals surface area contributed by atoms with Crippen molar-refractivity contribution in [2.24, 2.45) is 5.92 Å². The fourth-order valence-electron chi connectivity index (χ4n) is 1.99. The van der Waals surface area contributed by atoms with Crippen LogP contribution in [0.2, 0.25) is 0 Å². The van der Waals surface area contributed by atoms with E-state index in [4.69, 9.17) is 4.74 Å². The van der Waals surface area contributed by atoms with E-state index >= 15 is 0 Å². The molecule has 136 valence electrons. The Labute approximate surface area is 155 Å². The maximum absolute atomic E-state index is 11.8. The second-order valence-corrected chi connectivity index (χ2v) is 6.68. The number of halogens is 1. The molecule has 1 atom stereocenters. The molecule has 7 heteroatoms. The lowest BCUT2D eigenvalue weighted by Crippen LogP contribution is -2.44. The van der Waals surface area contributed by atoms with Crippen LogP contribution in [0, 0.1) is 5.92 Å². The normalized spacial score (nSPS) is 12.0. The first-order valence-electron chi connectivity index (χ1n) is 7.79. The largest absolute Gasteiger partial charge is 0.467 e. The van der Waals surface area contributed by atoms with Crippen molar-refractivity contribution in [1.82, 2.24) is 5.32 Å². The molecule has 0 aliphatic heterocycles. The van der Waals surface area contributed by atoms with Crippen molar-refractivity contribution in [3.05, 3.63) is 40.4 Å². The molecular formula is C18H22BrNO5. The monoisotopic (exact) mass is 411 g/mol. The second-order valence-electron chi connectivity index (χ2n) is 5.77. The fourth-order valence-corrected chi connectivity index (χ4v) is 2.25. The first-order valence-corrected chi connectivity index (χ1v) is 8.58. The Morgan fingerprint density at radius 2 is 1.84 bits per heavy atom. The average molecular weight is 412 g/mol. The number of amides is 1. The number of esters is 2. The fraction of sp³-hybridized carbons (Fsp3) is 0.389. The number of methoxy groups -OCH3 is 1. The van der Waals surface area contributed by atoms with Crippen molar-refractivity contribution in [2.45, 2.75) is 26.3 Å². The van der Waals surface area contributed by atoms with Gasteiger partial charge in [-0.2, -0.15) is 0 Å². The highest BCUT2D eigenvalue weighted by Gasteiger charge is 2.22. The van der Waals surface area contributed by atoms with Crippen LogP contribution in [0.3, 0.4) is 0 Å². The number of ether oxygens (including phenoxy) is 2. The molecule has 1 aromatic rings. The summed E-state index contributed by atoms with van der Waals surface area (Å²) in [7, 11) is 1.26. The molecule has 1 rings (SSSR count). The Bertz CT molecular complexity index is 625. The third-order valence-electron chi connectivity index (χ3n) is 3.16. The van der Waals surface area contributed by atoms with Gasteiger partial charge >= 0.3 is 11.9 Å². The Kier molecular flexibility index (Phi) is 8.91. The van der Waals surface area contributed by atoms with E-state index in [9.17, 15) is 14.4 Å². The van der Waals surface area contributed by atoms with Gasteiger partial charge in [-0.3, -0.25) is 4.79 Å². The van der Waals surface area contributed by atoms with Gasteiger partial charge in [0, 0.05) is 10.5 Å². The first kappa shape index (κ1) is 20.9. The van der Waals surface area contributed by atoms with Gasteiger partial charge < -0.3 is 14.8 Å². The quantitative estimate of drug-likeness (QED) is 0.525. The van der Waals surface area contributed by atoms with Crippen LogP contribution in [-0.2, 0) is 23.9 Å². The lowest BCUT2D eigenvalue weighted by Gasteiger charge is -2.18. The minimum atomic E-state index is -0.755. The van der Waals surface area contributed by atoms with Gasteiger partial charge in [0.15, 0.2) is 6.61 Å². The van der Waals surface area contributed by atoms with Crippen LogP contribution in [0.1, 0.15) is 25.8 Å². The highest BCUT2D eigenvalue weighted by Crippen LogP contribution is 2.11. The molecule has 1 N–H and O–H groups in total. The molecule has 0 saturated heterocycles. The summed E-state index contributed by atoms with van der Waals surface area (Å²) in [6.45, 7) is 3.39. The minimum absolute atomic E-state index is 0.195. The average Bonchev–Trinajstić information content (AvgIpc) is 2.57. The molecule has 6 nitrogen and oxygen atoms in total. The molecule has 1 aromatic carbocycles. The van der Waals surface area contributed by atoms with E-state index in [0.717, 1.165) is 10.0 Å². The molecule has 0 bridgehead atoms. The number of carbonyl (C=O) groups excluding carboxylic acids is 3. The van der Waals surface area contributed by atoms with Crippen molar-refractivity contribution < 1.29 is 23.9 Å². The first-order chi connectivity index (χ1) is 11.8. The highest BCUT2D eigenvalue weighted by atomic mass is 79.9. The SMILES string of the molecule is COC(=O)C(CC(C)C)NC(=O)COC(=O)/C=C/c1ccc(Br)cc1. The van der Waals surface area contributed by atoms with Crippen LogP contribution in [0.25, 0.3) is 6.08 Å². The summed E-state index contributed by atoms with van der Waals surface area (Å²) in [4.78, 5) is 35.1. The van der Waals surface area contributed by atoms with E-state index in [0.29, 0.717) is 6.42 Å². The van der Waals surface area contributed by atoms with Crippen molar-refractivity contribution in [3.63, 3.8) is 0 Å². The number of hydrogen-bond donors (Lipinski definition) is 1. The van der Waals surface area contributed by atoms with E-state index in [1.807, 2.05) is 38.1 Å². The topological polar surface area (TPSA) is 81.7 Å². The van der Waals surface area contributed by atoms with Crippen LogP contribution in [0.5, 0.6) is 0 Å². The maximum atomic E-state index is 11.8. The summed E-state index contributed by atoms with van der Waals surface area (Å²) in [5, 5.41) is 2.51. The van der Waals surface area contributed by atoms with Gasteiger partial charge in [0.2, 0.25) is 0 Å². The third-order valence-corrected chi connectivity index (χ3v) is 3.68. The molecule has 0 heterocycles. The molecule has 0 radical (unpaired) electrons. The van der Waals surface area contributed by atoms with Gasteiger partial charge in [-0.1, -0.05) is 41.9 Å². The van der Waals surface area contributed by atoms with Crippen molar-refractivity contribution >= 4 is 39.9 Å². The van der Waals surface area contributed by atoms with Crippen molar-refractivity contribution in [1.29, 1.82) is 0 Å². The summed E-state index contributed by atoms with van der Waals surface area (Å²) in [6, 6.07) is 6.59. The predicted octanol–water partition coefficient (Wildman–Crippen LogP) is 2.71. The summed E-state index contributed by atoms with van der Waals surface area (Å²) < 4.78 is 10.5. The molecular weight excluding hydrogens is 390 g/mol. The molecule has 0 saturated carbocycles. The molecule has 0 aliphatic rings. The zero-order valence-corrected chi connectivity index (χ0v) is 16.0. The summed E-state index contributed by atoms with van der Waals surface area (Å²) in [5.74, 6) is -1.53. The zero-order valence-electron chi connectivity index (χ0n) is 14.5. The lowest BCUT2D eigenvalue weighted by molar-refractivity contribution is -0.148. The lowest BCUT2D eigenvalue weighted by atomic mass is 10.0. The number of nitrogens with one attached hydrogen (secondary N) is 1. The van der Waals surface area contributed by atoms with E-state index in [1.54, 1.807) is 6.08 Å². The van der Waals surface area contributed by atoms with Gasteiger partial charge in [-0.05, 0) is 36.1 Å². The van der Waals surface area contributed by atoms with E-state index in [-0.39, 0.29) is 5.92 Å². The number of benzene rings is 1. The summed E-state index contributed by atoms with van der Waals surface area (Å²) >= 11 is 3.32. The van der Waals surface area contributed by atoms with Gasteiger partial charge in [-0.25, -0.2) is 9.59 Å². The number of rotatable bonds is 8. The van der Waals surface area contributed by atoms with Crippen LogP contribution >= 0.6 is 15.9 Å². The Morgan fingerprint density at radius 3 is 2.40 bits per heavy atom. The van der Waals surface area contributed by atoms with Gasteiger partial charge in [0.05, 0.1) is 7.11 Å². The van der Waals surface area contributed by atoms with Crippen molar-refractivity contribution in [2.75, 3.05) is 13.7 Å². The van der Waals surface area contributed by atoms with Crippen LogP contribution in [0.4, 0.5) is 0 Å². The van der Waals surface area contributed by atoms with Gasteiger partial charge in [0.25, 0.3) is 5.91 Å². The standard InChI is InChI=1S/C18H22BrNO5/c1-12(2)10-15(18(23)24-3)20-16(21)11-25-17(22)9-6-13-4-7-14(19)8-5-13/h4-9,12,15H,10-11H2,1-3H3,(H,20,21)/b9-6+. The van der Waals surface area contributed by atoms with Crippen LogP contribution in [-0.4, -0.2) is 37.6 Å². The molecule has 1 unspecified atom stereocenters. The Morgan fingerprint density at radius 1 is 1.20 bits per heavy atom. The zero-order chi connectivity index (χ0) is 18.8. The Hall–Kier alpha value is -2.15. The van der Waals surface area contributed by atoms with Gasteiger partial charge in [-0.15, -0.1) is 0 Å². The molecule has 1 amide bonds. The Balaban J connectivity index is 2.47. The minimum Gasteiger partial charge on any atom is -0.467 e. The summed E-state index contributed by atoms with van der Waals surface area (Å²) in [6.07, 6.45) is 3.26. The summed E-state index contributed by atoms with van der Waals surface area (Å²) in [5.41, 5.74) is 0.826. The van der Waals surface area contributed by atoms with E-state index in [2.05, 4.69) is 26.0 Å². The predicted molar refractivity (Wildman–Crippen MR) is 97.5 cm³/mol. The number of carbonyl (C=O) groups is 3. The van der Waals surface area contributed by atoms with Gasteiger partial charge in [0.1, 0.15) is 6.04 Å². The second kappa shape index (κ2) is 10.7. The van der Waals surface area contributed by atoms with E-state index < -0.39 is 30.5 Å². The third kappa shape index (κ3) is 8.49. The smallest absolute Gasteiger partial charge is 0.331 e. The molecule has 25 heavy (non-hydrogen) atoms. The maximum Gasteiger partial charge on any atom is 0.331 e. The van der Waals surface area contributed by atoms with Crippen molar-refractivity contribution in [3.8, 4) is 0 Å². The van der Waals surface area contributed by atoms with E-state index in [1.165, 1.54) is 13.2 Å². The van der Waals surface area contributed by atoms with Crippen LogP contribution in [0.15, 0.2) is 34.8 Å².